The predicted molar refractivity (Wildman–Crippen MR) is 382 cm³/mol. The van der Waals surface area contributed by atoms with Crippen LogP contribution in [-0.4, -0.2) is 287 Å². The molecule has 0 unspecified atom stereocenters. The second-order valence-electron chi connectivity index (χ2n) is 29.6. The second-order valence-corrected chi connectivity index (χ2v) is 29.6. The van der Waals surface area contributed by atoms with Crippen LogP contribution >= 0.6 is 0 Å². The van der Waals surface area contributed by atoms with E-state index in [4.69, 9.17) is 9.57 Å². The van der Waals surface area contributed by atoms with Crippen molar-refractivity contribution in [1.82, 2.24) is 65.1 Å². The van der Waals surface area contributed by atoms with Crippen molar-refractivity contribution in [3.05, 3.63) is 70.8 Å². The summed E-state index contributed by atoms with van der Waals surface area (Å²) in [5.74, 6) is -13.7. The van der Waals surface area contributed by atoms with E-state index in [-0.39, 0.29) is 73.6 Å². The number of fused-ring (bicyclic) bond motifs is 4. The number of nitrogens with one attached hydrogen (secondary N) is 3. The Labute approximate surface area is 627 Å². The summed E-state index contributed by atoms with van der Waals surface area (Å²) in [7, 11) is 10.9. The van der Waals surface area contributed by atoms with Crippen molar-refractivity contribution in [3.63, 3.8) is 0 Å². The molecule has 2 aromatic carbocycles. The quantitative estimate of drug-likeness (QED) is 0.243. The van der Waals surface area contributed by atoms with Gasteiger partial charge in [-0.05, 0) is 106 Å². The van der Waals surface area contributed by atoms with Gasteiger partial charge in [0.15, 0.2) is 0 Å². The van der Waals surface area contributed by atoms with Gasteiger partial charge in [0.05, 0.1) is 48.7 Å². The van der Waals surface area contributed by atoms with Crippen LogP contribution in [0.4, 0.5) is 13.2 Å². The number of ether oxygens (including phenoxy) is 1. The Morgan fingerprint density at radius 2 is 1.27 bits per heavy atom. The van der Waals surface area contributed by atoms with Gasteiger partial charge in [0.25, 0.3) is 11.8 Å². The number of hydrogen-bond donors (Lipinski definition) is 3. The Morgan fingerprint density at radius 1 is 0.648 bits per heavy atom. The lowest BCUT2D eigenvalue weighted by Gasteiger charge is -2.46. The molecule has 592 valence electrons. The van der Waals surface area contributed by atoms with Crippen LogP contribution in [0.1, 0.15) is 169 Å². The minimum absolute atomic E-state index is 0.00544. The molecule has 2 saturated carbocycles. The molecule has 10 atom stereocenters. The first-order valence-corrected chi connectivity index (χ1v) is 37.3. The highest BCUT2D eigenvalue weighted by Gasteiger charge is 2.54. The minimum atomic E-state index is -4.75. The third-order valence-electron chi connectivity index (χ3n) is 22.2. The third-order valence-corrected chi connectivity index (χ3v) is 22.2. The van der Waals surface area contributed by atoms with Crippen molar-refractivity contribution in [2.75, 3.05) is 89.2 Å². The van der Waals surface area contributed by atoms with Crippen molar-refractivity contribution in [2.45, 2.75) is 209 Å². The van der Waals surface area contributed by atoms with Gasteiger partial charge < -0.3 is 69.6 Å². The maximum absolute atomic E-state index is 15.5. The monoisotopic (exact) mass is 1520 g/mol. The zero-order valence-electron chi connectivity index (χ0n) is 63.8. The highest BCUT2D eigenvalue weighted by Crippen LogP contribution is 2.39. The minimum Gasteiger partial charge on any atom is -0.377 e. The number of carbonyl (C=O) groups excluding carboxylic acids is 15. The van der Waals surface area contributed by atoms with Crippen LogP contribution in [0.25, 0.3) is 0 Å². The standard InChI is InChI=1S/C75H104F3N13O17/c1-13-44(4)61-71(104)84(8)43-59(94)86(10)53-28-17-16-22-37-89(70(53)103)56(38-45-29-31-47(32-30-45)75(76,77)78)69(102)83(7)42-57(92)79-51(33-34-60(95)108-91-65(98)49-26-20-21-27-50(49)66(91)99)67(100)90-41-48(107-15-3)39-54(90)64(97)81-74(35-23-36-74)73(106)88(12)62(46-24-18-19-25-46)72(105)87(11)55(68(101)82(5)6)40-58(93)85(9)52(14-2)63(96)80-61/h20-21,26-27,29-32,44,46,48,51-56,61-62H,13-19,22-25,28,33-43H2,1-12H3,(H,79,92)(H,80,96)(H,81,97)/t44-,48+,51-,52-,53-,54-,55-,56-,61+,62-/m0/s1. The van der Waals surface area contributed by atoms with Crippen LogP contribution in [0, 0.1) is 11.8 Å². The summed E-state index contributed by atoms with van der Waals surface area (Å²) in [5.41, 5.74) is -2.64. The largest absolute Gasteiger partial charge is 0.416 e. The molecule has 2 aliphatic carbocycles. The number of carbonyl (C=O) groups is 15. The zero-order valence-corrected chi connectivity index (χ0v) is 63.8. The summed E-state index contributed by atoms with van der Waals surface area (Å²) >= 11 is 0. The van der Waals surface area contributed by atoms with E-state index >= 15 is 28.8 Å². The number of benzene rings is 2. The number of hydrogen-bond acceptors (Lipinski definition) is 17. The molecule has 33 heteroatoms. The lowest BCUT2D eigenvalue weighted by Crippen LogP contribution is -2.68. The molecule has 4 aliphatic heterocycles. The van der Waals surface area contributed by atoms with Crippen LogP contribution in [0.15, 0.2) is 48.5 Å². The molecular weight excluding hydrogens is 1410 g/mol. The van der Waals surface area contributed by atoms with Crippen LogP contribution in [0.2, 0.25) is 0 Å². The van der Waals surface area contributed by atoms with Crippen LogP contribution in [-0.2, 0) is 84.5 Å². The van der Waals surface area contributed by atoms with E-state index in [1.165, 1.54) is 95.3 Å². The summed E-state index contributed by atoms with van der Waals surface area (Å²) in [5, 5.41) is 8.60. The number of amides is 14. The van der Waals surface area contributed by atoms with Crippen LogP contribution in [0.3, 0.4) is 0 Å². The first-order chi connectivity index (χ1) is 51.0. The van der Waals surface area contributed by atoms with E-state index in [0.717, 1.165) is 53.7 Å². The smallest absolute Gasteiger partial charge is 0.377 e. The van der Waals surface area contributed by atoms with Crippen molar-refractivity contribution in [3.8, 4) is 0 Å². The number of likely N-dealkylation sites (N-methyl/N-ethyl adjacent to an activating group) is 7. The number of halogens is 3. The lowest BCUT2D eigenvalue weighted by atomic mass is 9.74. The molecule has 0 radical (unpaired) electrons. The number of nitrogens with zero attached hydrogens (tertiary/aromatic N) is 10. The predicted octanol–water partition coefficient (Wildman–Crippen LogP) is 2.93. The summed E-state index contributed by atoms with van der Waals surface area (Å²) in [6.07, 6.45) is -3.72. The molecule has 8 rings (SSSR count). The van der Waals surface area contributed by atoms with Gasteiger partial charge in [0.1, 0.15) is 53.9 Å². The fourth-order valence-electron chi connectivity index (χ4n) is 15.4. The Bertz CT molecular complexity index is 3700. The molecule has 2 bridgehead atoms. The van der Waals surface area contributed by atoms with E-state index in [0.29, 0.717) is 57.8 Å². The zero-order chi connectivity index (χ0) is 79.5. The van der Waals surface area contributed by atoms with Gasteiger partial charge >= 0.3 is 12.1 Å². The Hall–Kier alpha value is -9.56. The van der Waals surface area contributed by atoms with Gasteiger partial charge in [-0.3, -0.25) is 67.1 Å². The van der Waals surface area contributed by atoms with Gasteiger partial charge in [-0.25, -0.2) is 4.79 Å². The number of imide groups is 1. The van der Waals surface area contributed by atoms with E-state index in [9.17, 15) is 56.3 Å². The van der Waals surface area contributed by atoms with Gasteiger partial charge in [-0.15, -0.1) is 0 Å². The average Bonchev–Trinajstić information content (AvgIpc) is 1.17. The summed E-state index contributed by atoms with van der Waals surface area (Å²) in [6, 6.07) is -1.83. The van der Waals surface area contributed by atoms with Crippen molar-refractivity contribution in [2.24, 2.45) is 11.8 Å². The molecule has 30 nitrogen and oxygen atoms in total. The normalized spacial score (nSPS) is 26.2. The molecule has 14 amide bonds. The van der Waals surface area contributed by atoms with Gasteiger partial charge in [0, 0.05) is 88.9 Å². The van der Waals surface area contributed by atoms with Crippen molar-refractivity contribution < 1.29 is 94.7 Å². The van der Waals surface area contributed by atoms with Gasteiger partial charge in [-0.2, -0.15) is 13.2 Å². The topological polar surface area (TPSA) is 343 Å². The number of hydroxylamine groups is 2. The lowest BCUT2D eigenvalue weighted by molar-refractivity contribution is -0.169. The van der Waals surface area contributed by atoms with E-state index < -0.39 is 211 Å². The molecular formula is C75H104F3N13O17. The fraction of sp³-hybridized carbons (Fsp3) is 0.640. The molecule has 3 saturated heterocycles. The van der Waals surface area contributed by atoms with E-state index in [1.807, 2.05) is 0 Å². The Balaban J connectivity index is 1.20. The van der Waals surface area contributed by atoms with Crippen molar-refractivity contribution >= 4 is 88.7 Å². The highest BCUT2D eigenvalue weighted by atomic mass is 19.4. The van der Waals surface area contributed by atoms with E-state index in [1.54, 1.807) is 27.7 Å². The molecule has 3 N–H and O–H groups in total. The fourth-order valence-corrected chi connectivity index (χ4v) is 15.4. The van der Waals surface area contributed by atoms with Crippen LogP contribution in [0.5, 0.6) is 0 Å². The molecule has 2 aromatic rings. The maximum atomic E-state index is 15.5. The van der Waals surface area contributed by atoms with E-state index in [2.05, 4.69) is 16.0 Å². The maximum Gasteiger partial charge on any atom is 0.416 e. The molecule has 0 aromatic heterocycles. The SMILES string of the molecule is CCO[C@@H]1C[C@H]2C(=O)NC3(CCC3)C(=O)N(C)[C@@H](C3CCCC3)C(=O)N(C)[C@H](C(=O)N(C)C)CC(=O)N(C)[C@@H](CC)C(=O)N[C@H]([C@@H](C)CC)C(=O)N(C)CC(=O)N(C)[C@H]3CCCCCN(C3=O)[C@@H](Cc3ccc(C(F)(F)F)cc3)C(=O)N(C)CC(=O)N[C@@H](CCC(=O)ON3C(=O)c4ccccc4C3=O)C(=O)N2C1. The van der Waals surface area contributed by atoms with Gasteiger partial charge in [-0.1, -0.05) is 82.2 Å². The van der Waals surface area contributed by atoms with Crippen molar-refractivity contribution in [1.29, 1.82) is 0 Å². The number of rotatable bonds is 13. The summed E-state index contributed by atoms with van der Waals surface area (Å²) in [6.45, 7) is 4.95. The second kappa shape index (κ2) is 36.1. The molecule has 1 spiro atoms. The Morgan fingerprint density at radius 3 is 1.84 bits per heavy atom. The summed E-state index contributed by atoms with van der Waals surface area (Å²) in [4.78, 5) is 236. The first-order valence-electron chi connectivity index (χ1n) is 37.3. The number of alkyl halides is 3. The third kappa shape index (κ3) is 18.9. The van der Waals surface area contributed by atoms with Crippen LogP contribution < -0.4 is 16.0 Å². The Kier molecular flexibility index (Phi) is 28.1. The van der Waals surface area contributed by atoms with Gasteiger partial charge in [0.2, 0.25) is 70.9 Å². The molecule has 6 aliphatic rings. The molecule has 108 heavy (non-hydrogen) atoms. The molecule has 5 fully saturated rings. The molecule has 4 heterocycles. The first kappa shape index (κ1) is 84.1. The average molecular weight is 1520 g/mol. The highest BCUT2D eigenvalue weighted by molar-refractivity contribution is 6.21. The summed E-state index contributed by atoms with van der Waals surface area (Å²) < 4.78 is 48.0.